The first-order chi connectivity index (χ1) is 6.77. The van der Waals surface area contributed by atoms with Crippen LogP contribution in [0.1, 0.15) is 5.69 Å². The fourth-order valence-electron chi connectivity index (χ4n) is 1.26. The Morgan fingerprint density at radius 3 is 2.36 bits per heavy atom. The van der Waals surface area contributed by atoms with Crippen LogP contribution >= 0.6 is 0 Å². The first-order valence-electron chi connectivity index (χ1n) is 4.25. The van der Waals surface area contributed by atoms with Gasteiger partial charge in [0.2, 0.25) is 0 Å². The molecule has 0 unspecified atom stereocenters. The van der Waals surface area contributed by atoms with Crippen molar-refractivity contribution >= 4 is 0 Å². The number of pyridine rings is 1. The highest BCUT2D eigenvalue weighted by atomic mass is 16.3. The number of hydrogen-bond acceptors (Lipinski definition) is 3. The molecule has 2 rings (SSSR count). The van der Waals surface area contributed by atoms with Crippen LogP contribution in [0.2, 0.25) is 0 Å². The van der Waals surface area contributed by atoms with Gasteiger partial charge in [-0.2, -0.15) is 0 Å². The van der Waals surface area contributed by atoms with Gasteiger partial charge < -0.3 is 10.2 Å². The average molecular weight is 190 g/mol. The van der Waals surface area contributed by atoms with Gasteiger partial charge >= 0.3 is 0 Å². The van der Waals surface area contributed by atoms with Crippen molar-refractivity contribution in [1.29, 1.82) is 0 Å². The zero-order valence-corrected chi connectivity index (χ0v) is 7.46. The maximum atomic E-state index is 9.37. The summed E-state index contributed by atoms with van der Waals surface area (Å²) in [5.74, 6) is 0.0707. The molecule has 0 fully saturated rings. The zero-order chi connectivity index (χ0) is 9.97. The Morgan fingerprint density at radius 2 is 1.79 bits per heavy atom. The van der Waals surface area contributed by atoms with E-state index in [1.807, 2.05) is 18.2 Å². The molecule has 14 heavy (non-hydrogen) atoms. The van der Waals surface area contributed by atoms with E-state index in [0.29, 0.717) is 6.54 Å². The van der Waals surface area contributed by atoms with Crippen LogP contribution < -0.4 is 0 Å². The minimum Gasteiger partial charge on any atom is -0.494 e. The molecule has 0 atom stereocenters. The Morgan fingerprint density at radius 1 is 1.07 bits per heavy atom. The topological polar surface area (TPSA) is 58.3 Å². The molecule has 2 aromatic rings. The standard InChI is InChI=1S/C10H10N2O2/c13-9-4-5-10(14)12(9)7-8-3-1-2-6-11-8/h1-6,13-14H,7H2. The highest BCUT2D eigenvalue weighted by molar-refractivity contribution is 5.25. The Hall–Kier alpha value is -1.97. The summed E-state index contributed by atoms with van der Waals surface area (Å²) >= 11 is 0. The highest BCUT2D eigenvalue weighted by Gasteiger charge is 2.05. The summed E-state index contributed by atoms with van der Waals surface area (Å²) in [6.07, 6.45) is 1.67. The molecule has 0 aliphatic rings. The summed E-state index contributed by atoms with van der Waals surface area (Å²) in [6, 6.07) is 8.40. The van der Waals surface area contributed by atoms with Crippen molar-refractivity contribution in [3.63, 3.8) is 0 Å². The molecule has 2 heterocycles. The van der Waals surface area contributed by atoms with Gasteiger partial charge in [0.05, 0.1) is 12.2 Å². The number of aromatic nitrogens is 2. The highest BCUT2D eigenvalue weighted by Crippen LogP contribution is 2.21. The van der Waals surface area contributed by atoms with Crippen LogP contribution in [-0.4, -0.2) is 19.8 Å². The molecule has 0 saturated carbocycles. The van der Waals surface area contributed by atoms with E-state index in [9.17, 15) is 10.2 Å². The van der Waals surface area contributed by atoms with E-state index in [1.165, 1.54) is 16.7 Å². The summed E-state index contributed by atoms with van der Waals surface area (Å²) in [4.78, 5) is 4.09. The van der Waals surface area contributed by atoms with Gasteiger partial charge in [-0.3, -0.25) is 9.55 Å². The van der Waals surface area contributed by atoms with Crippen LogP contribution in [0.3, 0.4) is 0 Å². The van der Waals surface area contributed by atoms with E-state index in [2.05, 4.69) is 4.98 Å². The van der Waals surface area contributed by atoms with Gasteiger partial charge in [-0.05, 0) is 12.1 Å². The molecule has 0 radical (unpaired) electrons. The third-order valence-corrected chi connectivity index (χ3v) is 1.98. The predicted molar refractivity (Wildman–Crippen MR) is 51.1 cm³/mol. The second-order valence-electron chi connectivity index (χ2n) is 2.96. The average Bonchev–Trinajstić information content (AvgIpc) is 2.51. The maximum Gasteiger partial charge on any atom is 0.194 e. The molecule has 0 aromatic carbocycles. The quantitative estimate of drug-likeness (QED) is 0.751. The first kappa shape index (κ1) is 8.62. The van der Waals surface area contributed by atoms with Crippen molar-refractivity contribution in [2.75, 3.05) is 0 Å². The van der Waals surface area contributed by atoms with Crippen LogP contribution in [0.15, 0.2) is 36.5 Å². The second-order valence-corrected chi connectivity index (χ2v) is 2.96. The van der Waals surface area contributed by atoms with E-state index in [0.717, 1.165) is 5.69 Å². The van der Waals surface area contributed by atoms with Crippen molar-refractivity contribution in [2.24, 2.45) is 0 Å². The Kier molecular flexibility index (Phi) is 2.10. The van der Waals surface area contributed by atoms with E-state index in [-0.39, 0.29) is 11.8 Å². The third-order valence-electron chi connectivity index (χ3n) is 1.98. The van der Waals surface area contributed by atoms with E-state index in [1.54, 1.807) is 6.20 Å². The minimum absolute atomic E-state index is 0.0353. The lowest BCUT2D eigenvalue weighted by atomic mass is 10.3. The number of rotatable bonds is 2. The van der Waals surface area contributed by atoms with Crippen molar-refractivity contribution < 1.29 is 10.2 Å². The summed E-state index contributed by atoms with van der Waals surface area (Å²) in [7, 11) is 0. The van der Waals surface area contributed by atoms with E-state index >= 15 is 0 Å². The molecule has 0 amide bonds. The van der Waals surface area contributed by atoms with Crippen molar-refractivity contribution in [1.82, 2.24) is 9.55 Å². The Balaban J connectivity index is 2.27. The van der Waals surface area contributed by atoms with Gasteiger partial charge in [-0.1, -0.05) is 6.07 Å². The number of hydrogen-bond donors (Lipinski definition) is 2. The van der Waals surface area contributed by atoms with Gasteiger partial charge in [0.1, 0.15) is 0 Å². The molecule has 2 N–H and O–H groups in total. The van der Waals surface area contributed by atoms with Gasteiger partial charge in [0, 0.05) is 18.3 Å². The Labute approximate surface area is 81.1 Å². The van der Waals surface area contributed by atoms with Crippen molar-refractivity contribution in [3.05, 3.63) is 42.2 Å². The van der Waals surface area contributed by atoms with Gasteiger partial charge in [-0.15, -0.1) is 0 Å². The molecule has 4 nitrogen and oxygen atoms in total. The monoisotopic (exact) mass is 190 g/mol. The maximum absolute atomic E-state index is 9.37. The largest absolute Gasteiger partial charge is 0.494 e. The molecule has 72 valence electrons. The summed E-state index contributed by atoms with van der Waals surface area (Å²) in [5, 5.41) is 18.7. The normalized spacial score (nSPS) is 10.3. The summed E-state index contributed by atoms with van der Waals surface area (Å²) in [5.41, 5.74) is 0.786. The van der Waals surface area contributed by atoms with Crippen molar-refractivity contribution in [3.8, 4) is 11.8 Å². The molecule has 0 aliphatic carbocycles. The van der Waals surface area contributed by atoms with Gasteiger partial charge in [0.25, 0.3) is 0 Å². The lowest BCUT2D eigenvalue weighted by Gasteiger charge is -2.05. The van der Waals surface area contributed by atoms with Crippen LogP contribution in [-0.2, 0) is 6.54 Å². The molecule has 0 aliphatic heterocycles. The minimum atomic E-state index is 0.0353. The van der Waals surface area contributed by atoms with Crippen molar-refractivity contribution in [2.45, 2.75) is 6.54 Å². The smallest absolute Gasteiger partial charge is 0.194 e. The SMILES string of the molecule is Oc1ccc(O)n1Cc1ccccn1. The van der Waals surface area contributed by atoms with E-state index < -0.39 is 0 Å². The molecule has 0 bridgehead atoms. The van der Waals surface area contributed by atoms with Gasteiger partial charge in [-0.25, -0.2) is 0 Å². The van der Waals surface area contributed by atoms with Gasteiger partial charge in [0.15, 0.2) is 11.8 Å². The van der Waals surface area contributed by atoms with E-state index in [4.69, 9.17) is 0 Å². The van der Waals surface area contributed by atoms with Crippen LogP contribution in [0.25, 0.3) is 0 Å². The lowest BCUT2D eigenvalue weighted by molar-refractivity contribution is 0.376. The molecule has 0 spiro atoms. The zero-order valence-electron chi connectivity index (χ0n) is 7.46. The first-order valence-corrected chi connectivity index (χ1v) is 4.25. The van der Waals surface area contributed by atoms with Crippen LogP contribution in [0.4, 0.5) is 0 Å². The third kappa shape index (κ3) is 1.54. The fourth-order valence-corrected chi connectivity index (χ4v) is 1.26. The summed E-state index contributed by atoms with van der Waals surface area (Å²) < 4.78 is 1.38. The molecular formula is C10H10N2O2. The Bertz CT molecular complexity index is 403. The molecular weight excluding hydrogens is 180 g/mol. The fraction of sp³-hybridized carbons (Fsp3) is 0.100. The van der Waals surface area contributed by atoms with Crippen LogP contribution in [0.5, 0.6) is 11.8 Å². The lowest BCUT2D eigenvalue weighted by Crippen LogP contribution is -1.99. The summed E-state index contributed by atoms with van der Waals surface area (Å²) in [6.45, 7) is 0.367. The molecule has 0 saturated heterocycles. The second kappa shape index (κ2) is 3.41. The van der Waals surface area contributed by atoms with Crippen LogP contribution in [0, 0.1) is 0 Å². The molecule has 4 heteroatoms. The number of aromatic hydroxyl groups is 2. The predicted octanol–water partition coefficient (Wildman–Crippen LogP) is 1.34. The number of nitrogens with zero attached hydrogens (tertiary/aromatic N) is 2. The molecule has 2 aromatic heterocycles.